The third-order valence-corrected chi connectivity index (χ3v) is 6.33. The smallest absolute Gasteiger partial charge is 0.211 e. The molecular weight excluding hydrogens is 314 g/mol. The van der Waals surface area contributed by atoms with Gasteiger partial charge in [-0.2, -0.15) is 0 Å². The summed E-state index contributed by atoms with van der Waals surface area (Å²) in [6.07, 6.45) is 5.49. The van der Waals surface area contributed by atoms with Crippen LogP contribution in [0.25, 0.3) is 0 Å². The molecule has 1 aromatic heterocycles. The molecule has 2 aliphatic rings. The van der Waals surface area contributed by atoms with Gasteiger partial charge in [0, 0.05) is 25.6 Å². The first-order chi connectivity index (χ1) is 11.0. The third-order valence-electron chi connectivity index (χ3n) is 5.02. The lowest BCUT2D eigenvalue weighted by atomic mass is 9.97. The Balaban J connectivity index is 1.69. The molecule has 7 nitrogen and oxygen atoms in total. The summed E-state index contributed by atoms with van der Waals surface area (Å²) < 4.78 is 27.1. The highest BCUT2D eigenvalue weighted by Gasteiger charge is 2.29. The van der Waals surface area contributed by atoms with Gasteiger partial charge in [-0.05, 0) is 45.7 Å². The van der Waals surface area contributed by atoms with E-state index in [0.717, 1.165) is 50.7 Å². The molecule has 3 rings (SSSR count). The maximum Gasteiger partial charge on any atom is 0.211 e. The van der Waals surface area contributed by atoms with Gasteiger partial charge in [-0.15, -0.1) is 10.2 Å². The summed E-state index contributed by atoms with van der Waals surface area (Å²) in [5.41, 5.74) is 0. The van der Waals surface area contributed by atoms with Gasteiger partial charge in [-0.3, -0.25) is 4.90 Å². The van der Waals surface area contributed by atoms with Crippen LogP contribution in [0.3, 0.4) is 0 Å². The normalized spacial score (nSPS) is 22.0. The molecule has 0 radical (unpaired) electrons. The fraction of sp³-hybridized carbons (Fsp3) is 0.867. The second-order valence-electron chi connectivity index (χ2n) is 6.64. The van der Waals surface area contributed by atoms with E-state index in [9.17, 15) is 8.42 Å². The zero-order chi connectivity index (χ0) is 16.4. The average Bonchev–Trinajstić information content (AvgIpc) is 3.16. The van der Waals surface area contributed by atoms with Gasteiger partial charge >= 0.3 is 0 Å². The molecule has 1 aromatic rings. The average molecular weight is 341 g/mol. The van der Waals surface area contributed by atoms with Crippen LogP contribution < -0.4 is 0 Å². The van der Waals surface area contributed by atoms with Gasteiger partial charge in [0.1, 0.15) is 11.6 Å². The van der Waals surface area contributed by atoms with E-state index in [4.69, 9.17) is 0 Å². The summed E-state index contributed by atoms with van der Waals surface area (Å²) in [6, 6.07) is 0. The maximum absolute atomic E-state index is 11.6. The third kappa shape index (κ3) is 3.75. The summed E-state index contributed by atoms with van der Waals surface area (Å²) >= 11 is 0. The first-order valence-corrected chi connectivity index (χ1v) is 10.4. The number of hydrogen-bond donors (Lipinski definition) is 0. The van der Waals surface area contributed by atoms with E-state index in [1.165, 1.54) is 19.1 Å². The highest BCUT2D eigenvalue weighted by Crippen LogP contribution is 2.28. The number of nitrogens with zero attached hydrogens (tertiary/aromatic N) is 5. The molecule has 0 spiro atoms. The Labute approximate surface area is 138 Å². The maximum atomic E-state index is 11.6. The fourth-order valence-corrected chi connectivity index (χ4v) is 4.57. The monoisotopic (exact) mass is 341 g/mol. The highest BCUT2D eigenvalue weighted by molar-refractivity contribution is 7.88. The Kier molecular flexibility index (Phi) is 5.03. The number of sulfonamides is 1. The Bertz CT molecular complexity index is 628. The minimum atomic E-state index is -3.07. The van der Waals surface area contributed by atoms with Crippen LogP contribution in [-0.2, 0) is 23.1 Å². The molecule has 0 bridgehead atoms. The molecule has 130 valence electrons. The molecule has 2 saturated heterocycles. The summed E-state index contributed by atoms with van der Waals surface area (Å²) in [6.45, 7) is 7.35. The van der Waals surface area contributed by atoms with Gasteiger partial charge in [0.25, 0.3) is 0 Å². The van der Waals surface area contributed by atoms with Crippen LogP contribution >= 0.6 is 0 Å². The summed E-state index contributed by atoms with van der Waals surface area (Å²) in [5.74, 6) is 2.40. The van der Waals surface area contributed by atoms with Crippen LogP contribution in [0.2, 0.25) is 0 Å². The summed E-state index contributed by atoms with van der Waals surface area (Å²) in [5, 5.41) is 8.89. The van der Waals surface area contributed by atoms with Gasteiger partial charge < -0.3 is 4.57 Å². The predicted octanol–water partition coefficient (Wildman–Crippen LogP) is 1.03. The van der Waals surface area contributed by atoms with Crippen LogP contribution in [0, 0.1) is 0 Å². The largest absolute Gasteiger partial charge is 0.314 e. The van der Waals surface area contributed by atoms with E-state index in [2.05, 4.69) is 26.6 Å². The molecule has 0 aliphatic carbocycles. The minimum absolute atomic E-state index is 0.313. The molecule has 0 unspecified atom stereocenters. The number of aromatic nitrogens is 3. The Morgan fingerprint density at radius 3 is 2.30 bits per heavy atom. The quantitative estimate of drug-likeness (QED) is 0.800. The standard InChI is InChI=1S/C15H27N5O2S/c1-3-20-14(12-18-8-4-5-9-18)16-17-15(20)13-6-10-19(11-7-13)23(2,21)22/h13H,3-12H2,1-2H3. The van der Waals surface area contributed by atoms with Crippen LogP contribution in [0.5, 0.6) is 0 Å². The first-order valence-electron chi connectivity index (χ1n) is 8.58. The molecule has 2 aliphatic heterocycles. The molecular formula is C15H27N5O2S. The second-order valence-corrected chi connectivity index (χ2v) is 8.62. The van der Waals surface area contributed by atoms with Crippen LogP contribution in [0.1, 0.15) is 50.2 Å². The van der Waals surface area contributed by atoms with E-state index in [0.29, 0.717) is 19.0 Å². The molecule has 3 heterocycles. The van der Waals surface area contributed by atoms with Crippen LogP contribution in [0.4, 0.5) is 0 Å². The van der Waals surface area contributed by atoms with Gasteiger partial charge in [-0.25, -0.2) is 12.7 Å². The van der Waals surface area contributed by atoms with Gasteiger partial charge in [-0.1, -0.05) is 0 Å². The predicted molar refractivity (Wildman–Crippen MR) is 88.6 cm³/mol. The van der Waals surface area contributed by atoms with Crippen molar-refractivity contribution in [2.75, 3.05) is 32.4 Å². The van der Waals surface area contributed by atoms with E-state index < -0.39 is 10.0 Å². The lowest BCUT2D eigenvalue weighted by molar-refractivity contribution is 0.304. The number of piperidine rings is 1. The molecule has 23 heavy (non-hydrogen) atoms. The minimum Gasteiger partial charge on any atom is -0.314 e. The Morgan fingerprint density at radius 1 is 1.09 bits per heavy atom. The van der Waals surface area contributed by atoms with Gasteiger partial charge in [0.2, 0.25) is 10.0 Å². The molecule has 0 saturated carbocycles. The SMILES string of the molecule is CCn1c(CN2CCCC2)nnc1C1CCN(S(C)(=O)=O)CC1. The topological polar surface area (TPSA) is 71.3 Å². The second kappa shape index (κ2) is 6.86. The zero-order valence-electron chi connectivity index (χ0n) is 14.1. The lowest BCUT2D eigenvalue weighted by Gasteiger charge is -2.29. The molecule has 0 aromatic carbocycles. The lowest BCUT2D eigenvalue weighted by Crippen LogP contribution is -2.37. The van der Waals surface area contributed by atoms with Gasteiger partial charge in [0.05, 0.1) is 12.8 Å². The van der Waals surface area contributed by atoms with Crippen LogP contribution in [0.15, 0.2) is 0 Å². The first kappa shape index (κ1) is 16.9. The van der Waals surface area contributed by atoms with Crippen molar-refractivity contribution in [2.24, 2.45) is 0 Å². The summed E-state index contributed by atoms with van der Waals surface area (Å²) in [7, 11) is -3.07. The van der Waals surface area contributed by atoms with Gasteiger partial charge in [0.15, 0.2) is 0 Å². The molecule has 8 heteroatoms. The van der Waals surface area contributed by atoms with E-state index in [-0.39, 0.29) is 0 Å². The van der Waals surface area contributed by atoms with Crippen molar-refractivity contribution in [3.63, 3.8) is 0 Å². The van der Waals surface area contributed by atoms with E-state index in [1.54, 1.807) is 4.31 Å². The highest BCUT2D eigenvalue weighted by atomic mass is 32.2. The number of hydrogen-bond acceptors (Lipinski definition) is 5. The van der Waals surface area contributed by atoms with Crippen molar-refractivity contribution in [1.29, 1.82) is 0 Å². The number of rotatable bonds is 5. The Morgan fingerprint density at radius 2 is 1.74 bits per heavy atom. The van der Waals surface area contributed by atoms with Crippen molar-refractivity contribution in [1.82, 2.24) is 24.0 Å². The fourth-order valence-electron chi connectivity index (χ4n) is 3.70. The summed E-state index contributed by atoms with van der Waals surface area (Å²) in [4.78, 5) is 2.44. The van der Waals surface area contributed by atoms with E-state index >= 15 is 0 Å². The van der Waals surface area contributed by atoms with Crippen molar-refractivity contribution >= 4 is 10.0 Å². The van der Waals surface area contributed by atoms with Crippen molar-refractivity contribution in [3.8, 4) is 0 Å². The van der Waals surface area contributed by atoms with Crippen molar-refractivity contribution < 1.29 is 8.42 Å². The Hall–Kier alpha value is -0.990. The molecule has 0 amide bonds. The number of likely N-dealkylation sites (tertiary alicyclic amines) is 1. The van der Waals surface area contributed by atoms with Crippen molar-refractivity contribution in [3.05, 3.63) is 11.6 Å². The van der Waals surface area contributed by atoms with E-state index in [1.807, 2.05) is 0 Å². The molecule has 2 fully saturated rings. The van der Waals surface area contributed by atoms with Crippen LogP contribution in [-0.4, -0.2) is 64.8 Å². The molecule has 0 atom stereocenters. The molecule has 0 N–H and O–H groups in total. The van der Waals surface area contributed by atoms with Crippen molar-refractivity contribution in [2.45, 2.75) is 51.6 Å². The zero-order valence-corrected chi connectivity index (χ0v) is 14.9.